The first-order valence-corrected chi connectivity index (χ1v) is 21.0. The zero-order valence-corrected chi connectivity index (χ0v) is 32.6. The van der Waals surface area contributed by atoms with Crippen LogP contribution in [0.2, 0.25) is 0 Å². The number of carbonyl (C=O) groups is 5. The molecule has 1 fully saturated rings. The molecule has 294 valence electrons. The van der Waals surface area contributed by atoms with E-state index in [0.29, 0.717) is 35.4 Å². The summed E-state index contributed by atoms with van der Waals surface area (Å²) in [7, 11) is -4.10. The van der Waals surface area contributed by atoms with E-state index < -0.39 is 27.6 Å². The fourth-order valence-corrected chi connectivity index (χ4v) is 9.45. The number of Topliss-reactive ketones (excluding diaryl/α,β-unsaturated/α-hetero) is 1. The Morgan fingerprint density at radius 2 is 1.39 bits per heavy atom. The first kappa shape index (κ1) is 39.5. The number of ketones is 1. The van der Waals surface area contributed by atoms with E-state index in [1.165, 1.54) is 59.7 Å². The Balaban J connectivity index is 0.986. The summed E-state index contributed by atoms with van der Waals surface area (Å²) >= 11 is 0. The van der Waals surface area contributed by atoms with Crippen LogP contribution in [0, 0.1) is 5.92 Å². The molecule has 11 nitrogen and oxygen atoms in total. The van der Waals surface area contributed by atoms with E-state index in [4.69, 9.17) is 0 Å². The minimum Gasteiger partial charge on any atom is -0.354 e. The number of amides is 4. The number of hydrogen-bond donors (Lipinski definition) is 1. The van der Waals surface area contributed by atoms with Crippen LogP contribution in [0.15, 0.2) is 119 Å². The van der Waals surface area contributed by atoms with E-state index in [1.807, 2.05) is 6.07 Å². The molecule has 1 N–H and O–H groups in total. The van der Waals surface area contributed by atoms with Crippen molar-refractivity contribution in [3.05, 3.63) is 137 Å². The van der Waals surface area contributed by atoms with Crippen LogP contribution in [-0.2, 0) is 43.6 Å². The van der Waals surface area contributed by atoms with Gasteiger partial charge in [0, 0.05) is 37.2 Å². The number of carbonyl (C=O) groups excluding carboxylic acids is 5. The van der Waals surface area contributed by atoms with Crippen molar-refractivity contribution in [3.8, 4) is 0 Å². The third-order valence-electron chi connectivity index (χ3n) is 11.0. The predicted molar refractivity (Wildman–Crippen MR) is 215 cm³/mol. The summed E-state index contributed by atoms with van der Waals surface area (Å²) in [6.07, 6.45) is 7.78. The summed E-state index contributed by atoms with van der Waals surface area (Å²) < 4.78 is 28.0. The van der Waals surface area contributed by atoms with Gasteiger partial charge in [-0.05, 0) is 105 Å². The minimum absolute atomic E-state index is 0.0216. The van der Waals surface area contributed by atoms with E-state index in [0.717, 1.165) is 37.4 Å². The fraction of sp³-hybridized carbons (Fsp3) is 0.311. The number of unbranched alkanes of at least 4 members (excludes halogenated alkanes) is 1. The van der Waals surface area contributed by atoms with Crippen molar-refractivity contribution >= 4 is 44.9 Å². The lowest BCUT2D eigenvalue weighted by Crippen LogP contribution is -2.38. The number of piperidine rings is 1. The van der Waals surface area contributed by atoms with Crippen LogP contribution in [0.5, 0.6) is 0 Å². The molecule has 12 heteroatoms. The van der Waals surface area contributed by atoms with Crippen molar-refractivity contribution in [2.24, 2.45) is 5.92 Å². The molecule has 1 saturated heterocycles. The van der Waals surface area contributed by atoms with Gasteiger partial charge < -0.3 is 15.1 Å². The maximum atomic E-state index is 14.2. The van der Waals surface area contributed by atoms with Crippen molar-refractivity contribution in [2.45, 2.75) is 61.3 Å². The number of imide groups is 1. The number of benzene rings is 4. The second-order valence-corrected chi connectivity index (χ2v) is 16.8. The molecule has 3 heterocycles. The first-order chi connectivity index (χ1) is 27.6. The van der Waals surface area contributed by atoms with Crippen LogP contribution in [0.1, 0.15) is 69.5 Å². The van der Waals surface area contributed by atoms with Crippen LogP contribution in [0.25, 0.3) is 0 Å². The molecule has 0 saturated carbocycles. The number of anilines is 1. The van der Waals surface area contributed by atoms with Gasteiger partial charge >= 0.3 is 0 Å². The smallest absolute Gasteiger partial charge is 0.259 e. The number of likely N-dealkylation sites (tertiary alicyclic amines) is 1. The Morgan fingerprint density at radius 3 is 2.12 bits per heavy atom. The van der Waals surface area contributed by atoms with Gasteiger partial charge in [-0.25, -0.2) is 8.42 Å². The molecular formula is C45H46N4O7S. The van der Waals surface area contributed by atoms with Crippen molar-refractivity contribution in [2.75, 3.05) is 37.6 Å². The molecule has 0 bridgehead atoms. The molecule has 0 aliphatic carbocycles. The SMILES string of the molecule is O=C(Cc1ccc(CN2C(=O)c3ccccc3S(=O)(=O)c3ccc(C(=O)CCCCN4CCC(Cc5ccccc5)CC4)cc32)cc1)NCCN1C(=O)C=CC1=O. The summed E-state index contributed by atoms with van der Waals surface area (Å²) in [6, 6.07) is 28.3. The molecule has 0 spiro atoms. The van der Waals surface area contributed by atoms with Crippen molar-refractivity contribution in [1.82, 2.24) is 15.1 Å². The lowest BCUT2D eigenvalue weighted by Gasteiger charge is -2.32. The lowest BCUT2D eigenvalue weighted by molar-refractivity contribution is -0.137. The number of nitrogens with one attached hydrogen (secondary N) is 1. The Morgan fingerprint density at radius 1 is 0.702 bits per heavy atom. The predicted octanol–water partition coefficient (Wildman–Crippen LogP) is 5.57. The highest BCUT2D eigenvalue weighted by Gasteiger charge is 2.36. The van der Waals surface area contributed by atoms with Gasteiger partial charge in [0.15, 0.2) is 5.78 Å². The Kier molecular flexibility index (Phi) is 12.2. The summed E-state index contributed by atoms with van der Waals surface area (Å²) in [5.74, 6) is -1.03. The zero-order valence-electron chi connectivity index (χ0n) is 31.8. The van der Waals surface area contributed by atoms with Crippen LogP contribution in [0.3, 0.4) is 0 Å². The molecule has 0 radical (unpaired) electrons. The first-order valence-electron chi connectivity index (χ1n) is 19.5. The second-order valence-electron chi connectivity index (χ2n) is 14.9. The molecule has 57 heavy (non-hydrogen) atoms. The van der Waals surface area contributed by atoms with Crippen LogP contribution in [0.4, 0.5) is 5.69 Å². The number of fused-ring (bicyclic) bond motifs is 2. The molecule has 4 aromatic carbocycles. The van der Waals surface area contributed by atoms with Crippen molar-refractivity contribution < 1.29 is 32.4 Å². The fourth-order valence-electron chi connectivity index (χ4n) is 7.82. The Bertz CT molecular complexity index is 2280. The highest BCUT2D eigenvalue weighted by atomic mass is 32.2. The quantitative estimate of drug-likeness (QED) is 0.0938. The van der Waals surface area contributed by atoms with Gasteiger partial charge in [-0.3, -0.25) is 28.9 Å². The van der Waals surface area contributed by atoms with E-state index in [-0.39, 0.29) is 58.8 Å². The van der Waals surface area contributed by atoms with Gasteiger partial charge in [0.1, 0.15) is 0 Å². The number of rotatable bonds is 15. The summed E-state index contributed by atoms with van der Waals surface area (Å²) in [5.41, 5.74) is 3.32. The van der Waals surface area contributed by atoms with Crippen LogP contribution < -0.4 is 10.2 Å². The zero-order chi connectivity index (χ0) is 39.9. The highest BCUT2D eigenvalue weighted by Crippen LogP contribution is 2.38. The molecule has 3 aliphatic rings. The largest absolute Gasteiger partial charge is 0.354 e. The monoisotopic (exact) mass is 786 g/mol. The van der Waals surface area contributed by atoms with Gasteiger partial charge in [-0.2, -0.15) is 0 Å². The Hall–Kier alpha value is -5.72. The highest BCUT2D eigenvalue weighted by molar-refractivity contribution is 7.91. The molecule has 0 aromatic heterocycles. The molecular weight excluding hydrogens is 741 g/mol. The molecule has 4 amide bonds. The number of nitrogens with zero attached hydrogens (tertiary/aromatic N) is 3. The third-order valence-corrected chi connectivity index (χ3v) is 12.9. The molecule has 0 unspecified atom stereocenters. The molecule has 3 aliphatic heterocycles. The van der Waals surface area contributed by atoms with Crippen molar-refractivity contribution in [1.29, 1.82) is 0 Å². The third kappa shape index (κ3) is 9.30. The average molecular weight is 787 g/mol. The molecule has 4 aromatic rings. The lowest BCUT2D eigenvalue weighted by atomic mass is 9.90. The van der Waals surface area contributed by atoms with Gasteiger partial charge in [0.2, 0.25) is 15.7 Å². The van der Waals surface area contributed by atoms with Gasteiger partial charge in [-0.15, -0.1) is 0 Å². The average Bonchev–Trinajstić information content (AvgIpc) is 3.52. The number of sulfone groups is 1. The van der Waals surface area contributed by atoms with E-state index in [2.05, 4.69) is 34.5 Å². The van der Waals surface area contributed by atoms with Gasteiger partial charge in [0.05, 0.1) is 34.0 Å². The summed E-state index contributed by atoms with van der Waals surface area (Å²) in [6.45, 7) is 3.26. The van der Waals surface area contributed by atoms with Gasteiger partial charge in [0.25, 0.3) is 17.7 Å². The standard InChI is InChI=1S/C45H46N4O7S/c50-39(11-6-7-24-47-25-21-34(22-26-47)28-32-8-2-1-3-9-32)36-17-18-41-38(30-36)49(45(54)37-10-4-5-12-40(37)57(41,55)56)31-35-15-13-33(14-16-35)29-42(51)46-23-27-48-43(52)19-20-44(48)53/h1-5,8-10,12-20,30,34H,6-7,11,21-29,31H2,(H,46,51). The second kappa shape index (κ2) is 17.6. The Labute approximate surface area is 333 Å². The minimum atomic E-state index is -4.10. The van der Waals surface area contributed by atoms with Crippen LogP contribution in [-0.4, -0.2) is 80.4 Å². The van der Waals surface area contributed by atoms with E-state index in [9.17, 15) is 32.4 Å². The summed E-state index contributed by atoms with van der Waals surface area (Å²) in [4.78, 5) is 68.6. The summed E-state index contributed by atoms with van der Waals surface area (Å²) in [5, 5.41) is 2.72. The topological polar surface area (TPSA) is 141 Å². The maximum Gasteiger partial charge on any atom is 0.259 e. The normalized spacial score (nSPS) is 16.7. The van der Waals surface area contributed by atoms with Crippen LogP contribution >= 0.6 is 0 Å². The molecule has 0 atom stereocenters. The van der Waals surface area contributed by atoms with E-state index >= 15 is 0 Å². The molecule has 7 rings (SSSR count). The number of hydrogen-bond acceptors (Lipinski definition) is 8. The van der Waals surface area contributed by atoms with Gasteiger partial charge in [-0.1, -0.05) is 66.7 Å². The van der Waals surface area contributed by atoms with Crippen molar-refractivity contribution in [3.63, 3.8) is 0 Å². The maximum absolute atomic E-state index is 14.2. The van der Waals surface area contributed by atoms with E-state index in [1.54, 1.807) is 42.5 Å².